The highest BCUT2D eigenvalue weighted by molar-refractivity contribution is 7.92. The van der Waals surface area contributed by atoms with Crippen LogP contribution in [0.5, 0.6) is 11.5 Å². The molecule has 1 amide bonds. The van der Waals surface area contributed by atoms with Gasteiger partial charge >= 0.3 is 0 Å². The fourth-order valence-corrected chi connectivity index (χ4v) is 5.45. The summed E-state index contributed by atoms with van der Waals surface area (Å²) in [6.45, 7) is -0.316. The van der Waals surface area contributed by atoms with Crippen molar-refractivity contribution in [3.05, 3.63) is 48.5 Å². The van der Waals surface area contributed by atoms with Gasteiger partial charge in [0, 0.05) is 12.1 Å². The van der Waals surface area contributed by atoms with E-state index in [1.165, 1.54) is 45.6 Å². The molecule has 0 heterocycles. The van der Waals surface area contributed by atoms with Gasteiger partial charge in [0.15, 0.2) is 11.5 Å². The lowest BCUT2D eigenvalue weighted by molar-refractivity contribution is -0.120. The molecule has 2 aromatic rings. The molecule has 0 saturated heterocycles. The number of amides is 1. The van der Waals surface area contributed by atoms with E-state index in [0.29, 0.717) is 17.2 Å². The summed E-state index contributed by atoms with van der Waals surface area (Å²) in [7, 11) is -0.974. The first-order valence-corrected chi connectivity index (χ1v) is 12.5. The summed E-state index contributed by atoms with van der Waals surface area (Å²) in [5.74, 6) is 0.552. The maximum absolute atomic E-state index is 13.5. The normalized spacial score (nSPS) is 15.3. The third-order valence-electron chi connectivity index (χ3n) is 5.74. The zero-order chi connectivity index (χ0) is 23.0. The molecule has 2 aromatic carbocycles. The summed E-state index contributed by atoms with van der Waals surface area (Å²) in [6.07, 6.45) is 7.59. The minimum absolute atomic E-state index is 0.0782. The van der Waals surface area contributed by atoms with Crippen LogP contribution in [0.25, 0.3) is 0 Å². The molecule has 1 fully saturated rings. The van der Waals surface area contributed by atoms with E-state index in [4.69, 9.17) is 9.47 Å². The van der Waals surface area contributed by atoms with Crippen molar-refractivity contribution in [3.8, 4) is 11.5 Å². The van der Waals surface area contributed by atoms with Crippen LogP contribution in [0.1, 0.15) is 44.9 Å². The fraction of sp³-hybridized carbons (Fsp3) is 0.458. The van der Waals surface area contributed by atoms with Crippen molar-refractivity contribution >= 4 is 21.6 Å². The second-order valence-electron chi connectivity index (χ2n) is 7.97. The van der Waals surface area contributed by atoms with Gasteiger partial charge in [-0.25, -0.2) is 8.42 Å². The predicted octanol–water partition coefficient (Wildman–Crippen LogP) is 4.13. The Morgan fingerprint density at radius 3 is 2.19 bits per heavy atom. The monoisotopic (exact) mass is 460 g/mol. The summed E-state index contributed by atoms with van der Waals surface area (Å²) >= 11 is 0. The first kappa shape index (κ1) is 23.9. The van der Waals surface area contributed by atoms with Crippen LogP contribution in [0.3, 0.4) is 0 Å². The molecule has 174 valence electrons. The Morgan fingerprint density at radius 1 is 0.938 bits per heavy atom. The molecule has 0 aromatic heterocycles. The number of benzene rings is 2. The lowest BCUT2D eigenvalue weighted by Crippen LogP contribution is -2.44. The van der Waals surface area contributed by atoms with E-state index in [-0.39, 0.29) is 23.4 Å². The lowest BCUT2D eigenvalue weighted by Gasteiger charge is -2.27. The standard InChI is InChI=1S/C24H32N2O5S/c1-30-22-16-15-20(17-23(22)31-2)26(32(28,29)21-13-9-6-10-14-21)18-24(27)25-19-11-7-4-3-5-8-12-19/h6,9-10,13-17,19H,3-5,7-8,11-12,18H2,1-2H3,(H,25,27). The van der Waals surface area contributed by atoms with Crippen LogP contribution in [0.2, 0.25) is 0 Å². The van der Waals surface area contributed by atoms with Crippen molar-refractivity contribution in [1.82, 2.24) is 5.32 Å². The molecule has 1 aliphatic rings. The SMILES string of the molecule is COc1ccc(N(CC(=O)NC2CCCCCCC2)S(=O)(=O)c2ccccc2)cc1OC. The molecule has 7 nitrogen and oxygen atoms in total. The van der Waals surface area contributed by atoms with Crippen molar-refractivity contribution < 1.29 is 22.7 Å². The Morgan fingerprint density at radius 2 is 1.56 bits per heavy atom. The van der Waals surface area contributed by atoms with Crippen molar-refractivity contribution in [1.29, 1.82) is 0 Å². The van der Waals surface area contributed by atoms with Crippen molar-refractivity contribution in [2.45, 2.75) is 55.9 Å². The maximum Gasteiger partial charge on any atom is 0.264 e. The van der Waals surface area contributed by atoms with E-state index in [1.54, 1.807) is 36.4 Å². The molecule has 1 N–H and O–H groups in total. The first-order chi connectivity index (χ1) is 15.5. The lowest BCUT2D eigenvalue weighted by atomic mass is 9.97. The first-order valence-electron chi connectivity index (χ1n) is 11.0. The van der Waals surface area contributed by atoms with Crippen LogP contribution in [-0.4, -0.2) is 41.1 Å². The Hall–Kier alpha value is -2.74. The van der Waals surface area contributed by atoms with Crippen LogP contribution in [0.4, 0.5) is 5.69 Å². The van der Waals surface area contributed by atoms with Gasteiger partial charge < -0.3 is 14.8 Å². The molecule has 3 rings (SSSR count). The molecule has 32 heavy (non-hydrogen) atoms. The second-order valence-corrected chi connectivity index (χ2v) is 9.84. The Balaban J connectivity index is 1.89. The van der Waals surface area contributed by atoms with E-state index in [9.17, 15) is 13.2 Å². The number of methoxy groups -OCH3 is 2. The highest BCUT2D eigenvalue weighted by Crippen LogP contribution is 2.33. The van der Waals surface area contributed by atoms with Gasteiger partial charge in [0.1, 0.15) is 6.54 Å². The van der Waals surface area contributed by atoms with Crippen LogP contribution in [0.15, 0.2) is 53.4 Å². The number of carbonyl (C=O) groups is 1. The summed E-state index contributed by atoms with van der Waals surface area (Å²) in [6, 6.07) is 13.0. The quantitative estimate of drug-likeness (QED) is 0.640. The van der Waals surface area contributed by atoms with Gasteiger partial charge in [-0.3, -0.25) is 9.10 Å². The highest BCUT2D eigenvalue weighted by atomic mass is 32.2. The molecule has 0 radical (unpaired) electrons. The summed E-state index contributed by atoms with van der Waals surface area (Å²) in [4.78, 5) is 13.1. The minimum Gasteiger partial charge on any atom is -0.493 e. The average molecular weight is 461 g/mol. The molecular formula is C24H32N2O5S. The summed E-state index contributed by atoms with van der Waals surface area (Å²) < 4.78 is 38.7. The van der Waals surface area contributed by atoms with Gasteiger partial charge in [-0.1, -0.05) is 50.3 Å². The van der Waals surface area contributed by atoms with Crippen molar-refractivity contribution in [3.63, 3.8) is 0 Å². The van der Waals surface area contributed by atoms with E-state index in [1.807, 2.05) is 0 Å². The van der Waals surface area contributed by atoms with E-state index < -0.39 is 10.0 Å². The molecule has 1 saturated carbocycles. The zero-order valence-corrected chi connectivity index (χ0v) is 19.6. The largest absolute Gasteiger partial charge is 0.493 e. The number of sulfonamides is 1. The maximum atomic E-state index is 13.5. The number of anilines is 1. The molecule has 0 atom stereocenters. The van der Waals surface area contributed by atoms with Crippen molar-refractivity contribution in [2.24, 2.45) is 0 Å². The number of rotatable bonds is 8. The number of nitrogens with zero attached hydrogens (tertiary/aromatic N) is 1. The van der Waals surface area contributed by atoms with Gasteiger partial charge in [0.2, 0.25) is 5.91 Å². The van der Waals surface area contributed by atoms with Gasteiger partial charge in [-0.15, -0.1) is 0 Å². The van der Waals surface area contributed by atoms with Gasteiger partial charge in [0.25, 0.3) is 10.0 Å². The molecule has 8 heteroatoms. The topological polar surface area (TPSA) is 84.9 Å². The van der Waals surface area contributed by atoms with E-state index >= 15 is 0 Å². The van der Waals surface area contributed by atoms with Gasteiger partial charge in [-0.2, -0.15) is 0 Å². The number of nitrogens with one attached hydrogen (secondary N) is 1. The van der Waals surface area contributed by atoms with Gasteiger partial charge in [-0.05, 0) is 37.1 Å². The summed E-state index contributed by atoms with van der Waals surface area (Å²) in [5.41, 5.74) is 0.333. The average Bonchev–Trinajstić information content (AvgIpc) is 2.79. The summed E-state index contributed by atoms with van der Waals surface area (Å²) in [5, 5.41) is 3.06. The number of carbonyl (C=O) groups excluding carboxylic acids is 1. The number of ether oxygens (including phenoxy) is 2. The van der Waals surface area contributed by atoms with E-state index in [0.717, 1.165) is 30.0 Å². The molecular weight excluding hydrogens is 428 g/mol. The molecule has 0 bridgehead atoms. The molecule has 1 aliphatic carbocycles. The smallest absolute Gasteiger partial charge is 0.264 e. The highest BCUT2D eigenvalue weighted by Gasteiger charge is 2.28. The number of hydrogen-bond donors (Lipinski definition) is 1. The van der Waals surface area contributed by atoms with Crippen molar-refractivity contribution in [2.75, 3.05) is 25.1 Å². The Labute approximate surface area is 190 Å². The Bertz CT molecular complexity index is 987. The predicted molar refractivity (Wildman–Crippen MR) is 125 cm³/mol. The Kier molecular flexibility index (Phi) is 8.39. The molecule has 0 unspecified atom stereocenters. The molecule has 0 spiro atoms. The van der Waals surface area contributed by atoms with Crippen LogP contribution in [0, 0.1) is 0 Å². The molecule has 0 aliphatic heterocycles. The minimum atomic E-state index is -3.97. The fourth-order valence-electron chi connectivity index (χ4n) is 4.02. The van der Waals surface area contributed by atoms with Crippen LogP contribution >= 0.6 is 0 Å². The number of hydrogen-bond acceptors (Lipinski definition) is 5. The van der Waals surface area contributed by atoms with Crippen LogP contribution < -0.4 is 19.1 Å². The third kappa shape index (κ3) is 5.94. The zero-order valence-electron chi connectivity index (χ0n) is 18.7. The van der Waals surface area contributed by atoms with Crippen LogP contribution in [-0.2, 0) is 14.8 Å². The van der Waals surface area contributed by atoms with E-state index in [2.05, 4.69) is 5.32 Å². The van der Waals surface area contributed by atoms with Gasteiger partial charge in [0.05, 0.1) is 24.8 Å². The second kappa shape index (κ2) is 11.2. The third-order valence-corrected chi connectivity index (χ3v) is 7.53.